The molecule has 0 aliphatic carbocycles. The van der Waals surface area contributed by atoms with Gasteiger partial charge in [0.25, 0.3) is 0 Å². The third-order valence-corrected chi connectivity index (χ3v) is 2.56. The summed E-state index contributed by atoms with van der Waals surface area (Å²) in [6.07, 6.45) is 0. The quantitative estimate of drug-likeness (QED) is 0.798. The first-order valence-corrected chi connectivity index (χ1v) is 6.18. The fourth-order valence-corrected chi connectivity index (χ4v) is 1.59. The van der Waals surface area contributed by atoms with E-state index in [1.54, 1.807) is 0 Å². The van der Waals surface area contributed by atoms with E-state index < -0.39 is 0 Å². The van der Waals surface area contributed by atoms with Gasteiger partial charge in [0, 0.05) is 13.1 Å². The summed E-state index contributed by atoms with van der Waals surface area (Å²) in [6.45, 7) is 4.31. The summed E-state index contributed by atoms with van der Waals surface area (Å²) in [4.78, 5) is 2.08. The number of nitrogens with one attached hydrogen (secondary N) is 1. The van der Waals surface area contributed by atoms with Gasteiger partial charge in [0.05, 0.1) is 12.7 Å². The Morgan fingerprint density at radius 2 is 2.00 bits per heavy atom. The fraction of sp³-hybridized carbons (Fsp3) is 0.500. The number of nitrogens with zero attached hydrogens (tertiary/aromatic N) is 2. The van der Waals surface area contributed by atoms with Crippen LogP contribution >= 0.6 is 0 Å². The molecule has 1 N–H and O–H groups in total. The molecule has 0 spiro atoms. The van der Waals surface area contributed by atoms with E-state index in [9.17, 15) is 0 Å². The molecule has 0 aliphatic rings. The number of hydrogen-bond acceptors (Lipinski definition) is 4. The van der Waals surface area contributed by atoms with Gasteiger partial charge in [0.15, 0.2) is 0 Å². The molecule has 0 fully saturated rings. The lowest BCUT2D eigenvalue weighted by molar-refractivity contribution is 0.340. The van der Waals surface area contributed by atoms with Crippen molar-refractivity contribution >= 4 is 0 Å². The molecule has 1 unspecified atom stereocenters. The molecule has 1 aromatic rings. The van der Waals surface area contributed by atoms with Crippen molar-refractivity contribution in [3.8, 4) is 11.8 Å². The average molecular weight is 247 g/mol. The second kappa shape index (κ2) is 7.70. The summed E-state index contributed by atoms with van der Waals surface area (Å²) in [5.74, 6) is 0.839. The highest BCUT2D eigenvalue weighted by Gasteiger charge is 2.09. The summed E-state index contributed by atoms with van der Waals surface area (Å²) < 4.78 is 5.38. The molecule has 0 radical (unpaired) electrons. The van der Waals surface area contributed by atoms with Crippen LogP contribution in [0.1, 0.15) is 18.5 Å². The monoisotopic (exact) mass is 247 g/mol. The van der Waals surface area contributed by atoms with Gasteiger partial charge in [-0.25, -0.2) is 0 Å². The average Bonchev–Trinajstić information content (AvgIpc) is 2.36. The van der Waals surface area contributed by atoms with Gasteiger partial charge in [-0.05, 0) is 38.7 Å². The Labute approximate surface area is 109 Å². The number of ether oxygens (including phenoxy) is 1. The van der Waals surface area contributed by atoms with Crippen molar-refractivity contribution in [2.45, 2.75) is 13.0 Å². The maximum atomic E-state index is 9.16. The van der Waals surface area contributed by atoms with Crippen molar-refractivity contribution in [2.75, 3.05) is 33.8 Å². The first-order valence-electron chi connectivity index (χ1n) is 6.18. The molecule has 4 nitrogen and oxygen atoms in total. The maximum absolute atomic E-state index is 9.16. The van der Waals surface area contributed by atoms with Crippen LogP contribution in [0.25, 0.3) is 0 Å². The molecule has 0 aliphatic heterocycles. The standard InChI is InChI=1S/C14H21N3O/c1-4-18-13-7-5-12(6-8-13)14(11-15)16-9-10-17(2)3/h5-8,14,16H,4,9-10H2,1-3H3. The SMILES string of the molecule is CCOc1ccc(C(C#N)NCCN(C)C)cc1. The van der Waals surface area contributed by atoms with Gasteiger partial charge in [0.1, 0.15) is 11.8 Å². The lowest BCUT2D eigenvalue weighted by Gasteiger charge is -2.15. The van der Waals surface area contributed by atoms with Gasteiger partial charge in [-0.3, -0.25) is 5.32 Å². The Morgan fingerprint density at radius 1 is 1.33 bits per heavy atom. The second-order valence-electron chi connectivity index (χ2n) is 4.32. The van der Waals surface area contributed by atoms with Gasteiger partial charge >= 0.3 is 0 Å². The highest BCUT2D eigenvalue weighted by molar-refractivity contribution is 5.31. The summed E-state index contributed by atoms with van der Waals surface area (Å²) in [5, 5.41) is 12.4. The number of hydrogen-bond donors (Lipinski definition) is 1. The molecule has 0 aromatic heterocycles. The summed E-state index contributed by atoms with van der Waals surface area (Å²) in [5.41, 5.74) is 0.972. The minimum absolute atomic E-state index is 0.263. The van der Waals surface area contributed by atoms with Crippen LogP contribution in [0, 0.1) is 11.3 Å². The summed E-state index contributed by atoms with van der Waals surface area (Å²) in [7, 11) is 4.03. The predicted octanol–water partition coefficient (Wildman–Crippen LogP) is 1.80. The zero-order valence-corrected chi connectivity index (χ0v) is 11.3. The molecular weight excluding hydrogens is 226 g/mol. The van der Waals surface area contributed by atoms with E-state index >= 15 is 0 Å². The third kappa shape index (κ3) is 4.74. The van der Waals surface area contributed by atoms with E-state index in [0.29, 0.717) is 6.61 Å². The van der Waals surface area contributed by atoms with E-state index in [4.69, 9.17) is 10.00 Å². The molecule has 0 amide bonds. The normalized spacial score (nSPS) is 12.2. The number of nitriles is 1. The Kier molecular flexibility index (Phi) is 6.20. The highest BCUT2D eigenvalue weighted by atomic mass is 16.5. The Morgan fingerprint density at radius 3 is 2.50 bits per heavy atom. The Bertz CT molecular complexity index is 381. The first kappa shape index (κ1) is 14.5. The number of benzene rings is 1. The summed E-state index contributed by atoms with van der Waals surface area (Å²) >= 11 is 0. The number of rotatable bonds is 7. The van der Waals surface area contributed by atoms with Crippen LogP contribution in [0.3, 0.4) is 0 Å². The van der Waals surface area contributed by atoms with Gasteiger partial charge < -0.3 is 9.64 Å². The molecule has 4 heteroatoms. The van der Waals surface area contributed by atoms with Crippen LogP contribution < -0.4 is 10.1 Å². The smallest absolute Gasteiger partial charge is 0.121 e. The molecule has 0 heterocycles. The molecule has 18 heavy (non-hydrogen) atoms. The lowest BCUT2D eigenvalue weighted by Crippen LogP contribution is -2.29. The van der Waals surface area contributed by atoms with Gasteiger partial charge in [-0.1, -0.05) is 12.1 Å². The Hall–Kier alpha value is -1.57. The van der Waals surface area contributed by atoms with Crippen molar-refractivity contribution in [1.29, 1.82) is 5.26 Å². The van der Waals surface area contributed by atoms with Crippen molar-refractivity contribution in [1.82, 2.24) is 10.2 Å². The topological polar surface area (TPSA) is 48.3 Å². The molecule has 1 atom stereocenters. The lowest BCUT2D eigenvalue weighted by atomic mass is 10.1. The predicted molar refractivity (Wildman–Crippen MR) is 72.5 cm³/mol. The molecule has 1 aromatic carbocycles. The molecule has 0 saturated carbocycles. The molecular formula is C14H21N3O. The van der Waals surface area contributed by atoms with Gasteiger partial charge in [-0.15, -0.1) is 0 Å². The third-order valence-electron chi connectivity index (χ3n) is 2.56. The van der Waals surface area contributed by atoms with Crippen LogP contribution in [0.5, 0.6) is 5.75 Å². The second-order valence-corrected chi connectivity index (χ2v) is 4.32. The van der Waals surface area contributed by atoms with E-state index in [1.807, 2.05) is 45.3 Å². The molecule has 1 rings (SSSR count). The van der Waals surface area contributed by atoms with E-state index in [1.165, 1.54) is 0 Å². The van der Waals surface area contributed by atoms with Crippen molar-refractivity contribution in [3.05, 3.63) is 29.8 Å². The van der Waals surface area contributed by atoms with Crippen molar-refractivity contribution in [3.63, 3.8) is 0 Å². The minimum Gasteiger partial charge on any atom is -0.494 e. The number of likely N-dealkylation sites (N-methyl/N-ethyl adjacent to an activating group) is 1. The highest BCUT2D eigenvalue weighted by Crippen LogP contribution is 2.17. The van der Waals surface area contributed by atoms with Crippen LogP contribution in [-0.4, -0.2) is 38.7 Å². The van der Waals surface area contributed by atoms with E-state index in [0.717, 1.165) is 24.4 Å². The van der Waals surface area contributed by atoms with Gasteiger partial charge in [-0.2, -0.15) is 5.26 Å². The Balaban J connectivity index is 2.56. The zero-order valence-electron chi connectivity index (χ0n) is 11.3. The van der Waals surface area contributed by atoms with Crippen LogP contribution in [-0.2, 0) is 0 Å². The molecule has 98 valence electrons. The van der Waals surface area contributed by atoms with E-state index in [2.05, 4.69) is 16.3 Å². The van der Waals surface area contributed by atoms with Crippen molar-refractivity contribution < 1.29 is 4.74 Å². The maximum Gasteiger partial charge on any atom is 0.121 e. The van der Waals surface area contributed by atoms with Crippen LogP contribution in [0.15, 0.2) is 24.3 Å². The van der Waals surface area contributed by atoms with Crippen LogP contribution in [0.2, 0.25) is 0 Å². The van der Waals surface area contributed by atoms with E-state index in [-0.39, 0.29) is 6.04 Å². The first-order chi connectivity index (χ1) is 8.67. The fourth-order valence-electron chi connectivity index (χ4n) is 1.59. The van der Waals surface area contributed by atoms with Gasteiger partial charge in [0.2, 0.25) is 0 Å². The molecule has 0 saturated heterocycles. The van der Waals surface area contributed by atoms with Crippen molar-refractivity contribution in [2.24, 2.45) is 0 Å². The minimum atomic E-state index is -0.263. The van der Waals surface area contributed by atoms with Crippen LogP contribution in [0.4, 0.5) is 0 Å². The zero-order chi connectivity index (χ0) is 13.4. The molecule has 0 bridgehead atoms. The summed E-state index contributed by atoms with van der Waals surface area (Å²) in [6, 6.07) is 9.67. The largest absolute Gasteiger partial charge is 0.494 e.